The number of rotatable bonds is 16. The van der Waals surface area contributed by atoms with Crippen LogP contribution in [0.15, 0.2) is 24.3 Å². The molecule has 0 aliphatic carbocycles. The molecule has 0 saturated heterocycles. The molecule has 158 valence electrons. The number of benzene rings is 1. The van der Waals surface area contributed by atoms with Gasteiger partial charge >= 0.3 is 0 Å². The minimum absolute atomic E-state index is 0. The number of nitrogens with two attached hydrogens (primary N) is 1. The number of halogens is 1. The number of unbranched alkanes of at least 4 members (excludes halogenated alkanes) is 9. The minimum atomic E-state index is 0. The van der Waals surface area contributed by atoms with E-state index in [1.54, 1.807) is 5.56 Å². The van der Waals surface area contributed by atoms with Crippen LogP contribution in [0.25, 0.3) is 0 Å². The van der Waals surface area contributed by atoms with Gasteiger partial charge in [-0.25, -0.2) is 0 Å². The van der Waals surface area contributed by atoms with E-state index in [9.17, 15) is 0 Å². The lowest BCUT2D eigenvalue weighted by Gasteiger charge is -2.32. The van der Waals surface area contributed by atoms with Crippen LogP contribution in [0.3, 0.4) is 0 Å². The Morgan fingerprint density at radius 2 is 1.22 bits per heavy atom. The summed E-state index contributed by atoms with van der Waals surface area (Å²) in [5.41, 5.74) is 3.40. The Morgan fingerprint density at radius 3 is 1.74 bits per heavy atom. The summed E-state index contributed by atoms with van der Waals surface area (Å²) < 4.78 is 0. The van der Waals surface area contributed by atoms with Crippen LogP contribution in [-0.2, 0) is 12.0 Å². The van der Waals surface area contributed by atoms with E-state index in [4.69, 9.17) is 0 Å². The predicted octanol–water partition coefficient (Wildman–Crippen LogP) is 3.75. The van der Waals surface area contributed by atoms with Gasteiger partial charge < -0.3 is 17.7 Å². The topological polar surface area (TPSA) is 16.6 Å². The molecule has 0 unspecified atom stereocenters. The summed E-state index contributed by atoms with van der Waals surface area (Å²) in [5.74, 6) is 0. The quantitative estimate of drug-likeness (QED) is 0.410. The maximum absolute atomic E-state index is 2.66. The Hall–Kier alpha value is -0.530. The summed E-state index contributed by atoms with van der Waals surface area (Å²) >= 11 is 0. The fourth-order valence-electron chi connectivity index (χ4n) is 4.35. The van der Waals surface area contributed by atoms with Gasteiger partial charge in [0.1, 0.15) is 5.54 Å². The first kappa shape index (κ1) is 26.5. The third-order valence-electron chi connectivity index (χ3n) is 6.29. The van der Waals surface area contributed by atoms with E-state index in [2.05, 4.69) is 57.3 Å². The lowest BCUT2D eigenvalue weighted by atomic mass is 9.81. The summed E-state index contributed by atoms with van der Waals surface area (Å²) in [6.45, 7) is 10.6. The van der Waals surface area contributed by atoms with Crippen molar-refractivity contribution in [1.29, 1.82) is 0 Å². The van der Waals surface area contributed by atoms with Gasteiger partial charge in [0.05, 0.1) is 6.54 Å². The first-order valence-corrected chi connectivity index (χ1v) is 11.7. The van der Waals surface area contributed by atoms with E-state index < -0.39 is 0 Å². The van der Waals surface area contributed by atoms with Crippen LogP contribution in [0.4, 0.5) is 0 Å². The van der Waals surface area contributed by atoms with Crippen molar-refractivity contribution in [2.45, 2.75) is 117 Å². The molecule has 0 bridgehead atoms. The summed E-state index contributed by atoms with van der Waals surface area (Å²) in [7, 11) is 0. The van der Waals surface area contributed by atoms with E-state index in [1.807, 2.05) is 0 Å². The normalized spacial score (nSPS) is 11.4. The average Bonchev–Trinajstić information content (AvgIpc) is 2.69. The van der Waals surface area contributed by atoms with Gasteiger partial charge in [0, 0.05) is 18.4 Å². The first-order valence-electron chi connectivity index (χ1n) is 11.7. The SMILES string of the molecule is CCCCCCCCCCCC[NH2+]C(CC)(CC)c1ccccc1CC.[Cl-]. The lowest BCUT2D eigenvalue weighted by molar-refractivity contribution is -0.738. The third kappa shape index (κ3) is 9.48. The van der Waals surface area contributed by atoms with Crippen molar-refractivity contribution >= 4 is 0 Å². The fraction of sp³-hybridized carbons (Fsp3) is 0.760. The highest BCUT2D eigenvalue weighted by atomic mass is 35.5. The van der Waals surface area contributed by atoms with E-state index in [0.29, 0.717) is 0 Å². The molecule has 0 saturated carbocycles. The van der Waals surface area contributed by atoms with Crippen molar-refractivity contribution < 1.29 is 17.7 Å². The molecule has 0 aliphatic heterocycles. The molecule has 0 aromatic heterocycles. The number of aryl methyl sites for hydroxylation is 1. The van der Waals surface area contributed by atoms with Crippen LogP contribution in [0.1, 0.15) is 116 Å². The highest BCUT2D eigenvalue weighted by Crippen LogP contribution is 2.28. The highest BCUT2D eigenvalue weighted by molar-refractivity contribution is 5.32. The van der Waals surface area contributed by atoms with Crippen LogP contribution in [-0.4, -0.2) is 6.54 Å². The summed E-state index contributed by atoms with van der Waals surface area (Å²) in [5, 5.41) is 2.66. The lowest BCUT2D eigenvalue weighted by Crippen LogP contribution is -3.00. The van der Waals surface area contributed by atoms with Crippen molar-refractivity contribution in [2.75, 3.05) is 6.54 Å². The van der Waals surface area contributed by atoms with E-state index >= 15 is 0 Å². The maximum atomic E-state index is 2.66. The molecule has 0 fully saturated rings. The van der Waals surface area contributed by atoms with Gasteiger partial charge in [0.15, 0.2) is 0 Å². The summed E-state index contributed by atoms with van der Waals surface area (Å²) in [6.07, 6.45) is 17.8. The van der Waals surface area contributed by atoms with Crippen molar-refractivity contribution in [2.24, 2.45) is 0 Å². The molecular formula is C25H46ClN. The molecule has 1 aromatic rings. The Bertz CT molecular complexity index is 453. The Balaban J connectivity index is 0.00000676. The van der Waals surface area contributed by atoms with Gasteiger partial charge in [0.2, 0.25) is 0 Å². The standard InChI is InChI=1S/C25H45N.ClH/c1-5-9-10-11-12-13-14-15-16-19-22-26-25(7-3,8-4)24-21-18-17-20-23(24)6-2;/h17-18,20-21,26H,5-16,19,22H2,1-4H3;1H. The smallest absolute Gasteiger partial charge is 0.121 e. The Morgan fingerprint density at radius 1 is 0.704 bits per heavy atom. The molecule has 1 nitrogen and oxygen atoms in total. The second-order valence-corrected chi connectivity index (χ2v) is 8.05. The molecule has 27 heavy (non-hydrogen) atoms. The molecule has 0 heterocycles. The summed E-state index contributed by atoms with van der Waals surface area (Å²) in [6, 6.07) is 9.12. The zero-order valence-electron chi connectivity index (χ0n) is 18.7. The number of hydrogen-bond donors (Lipinski definition) is 1. The largest absolute Gasteiger partial charge is 1.00 e. The molecule has 0 aliphatic rings. The van der Waals surface area contributed by atoms with Gasteiger partial charge in [-0.3, -0.25) is 0 Å². The van der Waals surface area contributed by atoms with Crippen LogP contribution >= 0.6 is 0 Å². The number of quaternary nitrogens is 1. The summed E-state index contributed by atoms with van der Waals surface area (Å²) in [4.78, 5) is 0. The van der Waals surface area contributed by atoms with E-state index in [0.717, 1.165) is 6.42 Å². The van der Waals surface area contributed by atoms with Crippen molar-refractivity contribution in [1.82, 2.24) is 0 Å². The Kier molecular flexibility index (Phi) is 16.1. The average molecular weight is 396 g/mol. The second kappa shape index (κ2) is 16.4. The molecule has 2 N–H and O–H groups in total. The first-order chi connectivity index (χ1) is 12.7. The molecule has 2 heteroatoms. The van der Waals surface area contributed by atoms with Gasteiger partial charge in [-0.2, -0.15) is 0 Å². The zero-order chi connectivity index (χ0) is 19.1. The van der Waals surface area contributed by atoms with Gasteiger partial charge in [0.25, 0.3) is 0 Å². The number of hydrogen-bond acceptors (Lipinski definition) is 0. The van der Waals surface area contributed by atoms with Crippen LogP contribution in [0, 0.1) is 0 Å². The molecule has 0 atom stereocenters. The van der Waals surface area contributed by atoms with Gasteiger partial charge in [-0.1, -0.05) is 103 Å². The third-order valence-corrected chi connectivity index (χ3v) is 6.29. The second-order valence-electron chi connectivity index (χ2n) is 8.05. The molecule has 0 radical (unpaired) electrons. The molecule has 1 aromatic carbocycles. The van der Waals surface area contributed by atoms with Crippen molar-refractivity contribution in [3.63, 3.8) is 0 Å². The van der Waals surface area contributed by atoms with Crippen LogP contribution in [0.2, 0.25) is 0 Å². The van der Waals surface area contributed by atoms with Crippen LogP contribution in [0.5, 0.6) is 0 Å². The highest BCUT2D eigenvalue weighted by Gasteiger charge is 2.33. The van der Waals surface area contributed by atoms with Crippen LogP contribution < -0.4 is 17.7 Å². The minimum Gasteiger partial charge on any atom is -1.00 e. The molecular weight excluding hydrogens is 350 g/mol. The fourth-order valence-corrected chi connectivity index (χ4v) is 4.35. The molecule has 0 amide bonds. The van der Waals surface area contributed by atoms with Crippen molar-refractivity contribution in [3.8, 4) is 0 Å². The zero-order valence-corrected chi connectivity index (χ0v) is 19.4. The van der Waals surface area contributed by atoms with Crippen molar-refractivity contribution in [3.05, 3.63) is 35.4 Å². The van der Waals surface area contributed by atoms with E-state index in [-0.39, 0.29) is 17.9 Å². The van der Waals surface area contributed by atoms with E-state index in [1.165, 1.54) is 89.2 Å². The maximum Gasteiger partial charge on any atom is 0.121 e. The monoisotopic (exact) mass is 395 g/mol. The molecule has 0 spiro atoms. The predicted molar refractivity (Wildman–Crippen MR) is 117 cm³/mol. The van der Waals surface area contributed by atoms with Gasteiger partial charge in [-0.05, 0) is 24.8 Å². The molecule has 1 rings (SSSR count). The van der Waals surface area contributed by atoms with Gasteiger partial charge in [-0.15, -0.1) is 0 Å². The Labute approximate surface area is 176 Å².